The van der Waals surface area contributed by atoms with Crippen molar-refractivity contribution >= 4 is 49.3 Å². The van der Waals surface area contributed by atoms with Gasteiger partial charge in [-0.3, -0.25) is 4.79 Å². The number of halogens is 3. The number of aromatic hydroxyl groups is 1. The van der Waals surface area contributed by atoms with E-state index in [1.807, 2.05) is 0 Å². The lowest BCUT2D eigenvalue weighted by atomic mass is 10.1. The molecule has 0 fully saturated rings. The van der Waals surface area contributed by atoms with E-state index in [1.54, 1.807) is 0 Å². The normalized spacial score (nSPS) is 12.4. The van der Waals surface area contributed by atoms with Crippen LogP contribution < -0.4 is 14.2 Å². The van der Waals surface area contributed by atoms with E-state index < -0.39 is 71.0 Å². The van der Waals surface area contributed by atoms with Crippen molar-refractivity contribution in [1.82, 2.24) is 20.0 Å². The first-order chi connectivity index (χ1) is 15.2. The third-order valence-corrected chi connectivity index (χ3v) is 7.35. The van der Waals surface area contributed by atoms with Crippen molar-refractivity contribution in [3.63, 3.8) is 0 Å². The monoisotopic (exact) mass is 544 g/mol. The molecule has 0 bridgehead atoms. The molecule has 0 atom stereocenters. The predicted molar refractivity (Wildman–Crippen MR) is 117 cm³/mol. The molecule has 2 rings (SSSR count). The zero-order valence-electron chi connectivity index (χ0n) is 17.2. The Labute approximate surface area is 199 Å². The summed E-state index contributed by atoms with van der Waals surface area (Å²) in [5.41, 5.74) is -1.80. The predicted octanol–water partition coefficient (Wildman–Crippen LogP) is 1.51. The molecule has 0 saturated heterocycles. The maximum absolute atomic E-state index is 13.1. The summed E-state index contributed by atoms with van der Waals surface area (Å²) in [5, 5.41) is 10.9. The molecule has 16 heteroatoms. The zero-order valence-corrected chi connectivity index (χ0v) is 20.3. The van der Waals surface area contributed by atoms with Crippen molar-refractivity contribution in [2.45, 2.75) is 25.9 Å². The number of rotatable bonds is 10. The fraction of sp³-hybridized carbons (Fsp3) is 0.353. The largest absolute Gasteiger partial charge is 0.490 e. The van der Waals surface area contributed by atoms with E-state index in [9.17, 15) is 31.1 Å². The standard InChI is InChI=1S/C17H19Cl2FN4O7S2/c1-17(2,24-32(27,28)8-18)16-22-12(13(15(26)23-16)31-33(29,30)9-19)14(25)21-7-10-3-5-11(20)6-4-10/h3-6,24H,7-9H2,1-2H3,(H,21,25)(H,22,23,26). The number of alkyl halides is 2. The molecule has 1 aromatic heterocycles. The minimum atomic E-state index is -4.43. The van der Waals surface area contributed by atoms with Crippen LogP contribution in [0, 0.1) is 5.82 Å². The molecule has 0 saturated carbocycles. The first-order valence-electron chi connectivity index (χ1n) is 8.89. The average molecular weight is 545 g/mol. The van der Waals surface area contributed by atoms with Crippen LogP contribution in [-0.2, 0) is 32.2 Å². The molecule has 2 aromatic rings. The zero-order chi connectivity index (χ0) is 25.0. The Hall–Kier alpha value is -2.26. The number of nitrogens with one attached hydrogen (secondary N) is 2. The minimum absolute atomic E-state index is 0.122. The van der Waals surface area contributed by atoms with Crippen molar-refractivity contribution in [1.29, 1.82) is 0 Å². The van der Waals surface area contributed by atoms with Crippen LogP contribution in [0.5, 0.6) is 11.6 Å². The minimum Gasteiger partial charge on any atom is -0.490 e. The summed E-state index contributed by atoms with van der Waals surface area (Å²) in [6.45, 7) is 2.52. The number of nitrogens with zero attached hydrogens (tertiary/aromatic N) is 2. The van der Waals surface area contributed by atoms with Gasteiger partial charge in [-0.2, -0.15) is 13.4 Å². The van der Waals surface area contributed by atoms with Gasteiger partial charge in [0.05, 0.1) is 5.54 Å². The van der Waals surface area contributed by atoms with Crippen molar-refractivity contribution in [3.05, 3.63) is 47.2 Å². The van der Waals surface area contributed by atoms with E-state index in [1.165, 1.54) is 38.1 Å². The first-order valence-corrected chi connectivity index (χ1v) is 13.2. The third-order valence-electron chi connectivity index (χ3n) is 3.89. The molecule has 0 unspecified atom stereocenters. The number of amides is 1. The Morgan fingerprint density at radius 3 is 2.27 bits per heavy atom. The summed E-state index contributed by atoms with van der Waals surface area (Å²) in [5.74, 6) is -3.85. The van der Waals surface area contributed by atoms with Gasteiger partial charge in [-0.1, -0.05) is 12.1 Å². The van der Waals surface area contributed by atoms with Gasteiger partial charge in [-0.05, 0) is 31.5 Å². The molecule has 3 N–H and O–H groups in total. The van der Waals surface area contributed by atoms with Crippen LogP contribution in [0.25, 0.3) is 0 Å². The van der Waals surface area contributed by atoms with Gasteiger partial charge in [0.2, 0.25) is 15.8 Å². The molecule has 182 valence electrons. The van der Waals surface area contributed by atoms with Gasteiger partial charge in [0.25, 0.3) is 11.8 Å². The topological polar surface area (TPSA) is 165 Å². The summed E-state index contributed by atoms with van der Waals surface area (Å²) < 4.78 is 67.4. The summed E-state index contributed by atoms with van der Waals surface area (Å²) in [4.78, 5) is 20.4. The third kappa shape index (κ3) is 7.37. The summed E-state index contributed by atoms with van der Waals surface area (Å²) >= 11 is 10.7. The maximum atomic E-state index is 13.1. The van der Waals surface area contributed by atoms with Crippen LogP contribution >= 0.6 is 23.2 Å². The maximum Gasteiger partial charge on any atom is 0.323 e. The second-order valence-electron chi connectivity index (χ2n) is 7.06. The fourth-order valence-corrected chi connectivity index (χ4v) is 4.10. The van der Waals surface area contributed by atoms with Crippen LogP contribution in [0.4, 0.5) is 4.39 Å². The van der Waals surface area contributed by atoms with Crippen molar-refractivity contribution < 1.29 is 35.3 Å². The summed E-state index contributed by atoms with van der Waals surface area (Å²) in [7, 11) is -8.42. The summed E-state index contributed by atoms with van der Waals surface area (Å²) in [6, 6.07) is 5.14. The van der Waals surface area contributed by atoms with Gasteiger partial charge in [-0.25, -0.2) is 22.5 Å². The molecule has 0 radical (unpaired) electrons. The van der Waals surface area contributed by atoms with Gasteiger partial charge in [0.1, 0.15) is 11.0 Å². The quantitative estimate of drug-likeness (QED) is 0.296. The molecule has 1 heterocycles. The van der Waals surface area contributed by atoms with Crippen molar-refractivity contribution in [3.8, 4) is 11.6 Å². The van der Waals surface area contributed by atoms with E-state index in [0.29, 0.717) is 5.56 Å². The molecule has 0 aliphatic rings. The highest BCUT2D eigenvalue weighted by molar-refractivity contribution is 7.90. The molecule has 11 nitrogen and oxygen atoms in total. The Balaban J connectivity index is 2.50. The van der Waals surface area contributed by atoms with Crippen LogP contribution in [0.1, 0.15) is 35.7 Å². The Bertz CT molecular complexity index is 1240. The van der Waals surface area contributed by atoms with Gasteiger partial charge in [-0.15, -0.1) is 23.2 Å². The first kappa shape index (κ1) is 27.0. The number of sulfonamides is 1. The van der Waals surface area contributed by atoms with E-state index in [2.05, 4.69) is 24.2 Å². The highest BCUT2D eigenvalue weighted by atomic mass is 35.5. The Morgan fingerprint density at radius 1 is 1.12 bits per heavy atom. The van der Waals surface area contributed by atoms with Crippen LogP contribution in [0.3, 0.4) is 0 Å². The molecule has 0 spiro atoms. The molecule has 0 aliphatic heterocycles. The van der Waals surface area contributed by atoms with Gasteiger partial charge >= 0.3 is 10.1 Å². The lowest BCUT2D eigenvalue weighted by Gasteiger charge is -2.24. The highest BCUT2D eigenvalue weighted by Gasteiger charge is 2.34. The number of aromatic nitrogens is 2. The van der Waals surface area contributed by atoms with Crippen LogP contribution in [-0.4, -0.2) is 48.2 Å². The molecule has 1 amide bonds. The number of carbonyl (C=O) groups is 1. The van der Waals surface area contributed by atoms with E-state index in [-0.39, 0.29) is 6.54 Å². The van der Waals surface area contributed by atoms with E-state index >= 15 is 0 Å². The second-order valence-corrected chi connectivity index (χ2v) is 11.5. The second kappa shape index (κ2) is 10.3. The lowest BCUT2D eigenvalue weighted by Crippen LogP contribution is -2.43. The van der Waals surface area contributed by atoms with Gasteiger partial charge in [0.15, 0.2) is 16.7 Å². The smallest absolute Gasteiger partial charge is 0.323 e. The Morgan fingerprint density at radius 2 is 1.73 bits per heavy atom. The van der Waals surface area contributed by atoms with Gasteiger partial charge < -0.3 is 14.6 Å². The lowest BCUT2D eigenvalue weighted by molar-refractivity contribution is 0.0942. The highest BCUT2D eigenvalue weighted by Crippen LogP contribution is 2.32. The molecular formula is C17H19Cl2FN4O7S2. The number of hydrogen-bond acceptors (Lipinski definition) is 9. The SMILES string of the molecule is CC(C)(NS(=O)(=O)CCl)c1nc(O)c(OS(=O)(=O)CCl)c(C(=O)NCc2ccc(F)cc2)n1. The van der Waals surface area contributed by atoms with Crippen LogP contribution in [0.15, 0.2) is 24.3 Å². The van der Waals surface area contributed by atoms with E-state index in [4.69, 9.17) is 23.2 Å². The fourth-order valence-electron chi connectivity index (χ4n) is 2.43. The average Bonchev–Trinajstić information content (AvgIpc) is 2.73. The van der Waals surface area contributed by atoms with Crippen molar-refractivity contribution in [2.75, 3.05) is 10.4 Å². The number of hydrogen-bond donors (Lipinski definition) is 3. The molecule has 1 aromatic carbocycles. The number of carbonyl (C=O) groups excluding carboxylic acids is 1. The Kier molecular flexibility index (Phi) is 8.46. The van der Waals surface area contributed by atoms with E-state index in [0.717, 1.165) is 0 Å². The molecular weight excluding hydrogens is 526 g/mol. The van der Waals surface area contributed by atoms with Gasteiger partial charge in [0, 0.05) is 6.54 Å². The van der Waals surface area contributed by atoms with Crippen LogP contribution in [0.2, 0.25) is 0 Å². The van der Waals surface area contributed by atoms with Crippen molar-refractivity contribution in [2.24, 2.45) is 0 Å². The number of benzene rings is 1. The molecule has 33 heavy (non-hydrogen) atoms. The summed E-state index contributed by atoms with van der Waals surface area (Å²) in [6.07, 6.45) is 0. The molecule has 0 aliphatic carbocycles.